The van der Waals surface area contributed by atoms with Gasteiger partial charge in [-0.2, -0.15) is 0 Å². The summed E-state index contributed by atoms with van der Waals surface area (Å²) in [6.07, 6.45) is 3.97. The van der Waals surface area contributed by atoms with E-state index in [4.69, 9.17) is 0 Å². The van der Waals surface area contributed by atoms with Crippen LogP contribution in [0.1, 0.15) is 19.8 Å². The molecule has 2 N–H and O–H groups in total. The van der Waals surface area contributed by atoms with Gasteiger partial charge in [0.2, 0.25) is 5.13 Å². The van der Waals surface area contributed by atoms with Crippen molar-refractivity contribution in [2.45, 2.75) is 30.2 Å². The molecule has 0 aromatic carbocycles. The number of aliphatic hydroxyl groups is 1. The van der Waals surface area contributed by atoms with Crippen LogP contribution in [0, 0.1) is 5.92 Å². The standard InChI is InChI=1S/C14H24N4OS2/c1-3-6-15-13-16-17-14(21-13)20-10-12(19)9-18-7-4-11(2)5-8-18/h3,11-12,19H,1,4-10H2,2H3,(H,15,16). The van der Waals surface area contributed by atoms with Gasteiger partial charge in [0.15, 0.2) is 4.34 Å². The van der Waals surface area contributed by atoms with Crippen LogP contribution in [0.15, 0.2) is 17.0 Å². The Labute approximate surface area is 134 Å². The largest absolute Gasteiger partial charge is 0.391 e. The van der Waals surface area contributed by atoms with Crippen LogP contribution in [-0.4, -0.2) is 58.2 Å². The smallest absolute Gasteiger partial charge is 0.206 e. The topological polar surface area (TPSA) is 61.3 Å². The quantitative estimate of drug-likeness (QED) is 0.564. The first-order valence-corrected chi connectivity index (χ1v) is 9.19. The minimum Gasteiger partial charge on any atom is -0.391 e. The van der Waals surface area contributed by atoms with Gasteiger partial charge in [0.1, 0.15) is 0 Å². The van der Waals surface area contributed by atoms with Crippen molar-refractivity contribution in [1.82, 2.24) is 15.1 Å². The molecule has 118 valence electrons. The second-order valence-corrected chi connectivity index (χ2v) is 7.74. The average molecular weight is 329 g/mol. The summed E-state index contributed by atoms with van der Waals surface area (Å²) in [4.78, 5) is 2.36. The molecule has 1 aliphatic rings. The van der Waals surface area contributed by atoms with Crippen molar-refractivity contribution in [2.75, 3.05) is 37.2 Å². The molecule has 1 atom stereocenters. The monoisotopic (exact) mass is 328 g/mol. The van der Waals surface area contributed by atoms with Gasteiger partial charge >= 0.3 is 0 Å². The Bertz CT molecular complexity index is 432. The van der Waals surface area contributed by atoms with Gasteiger partial charge in [-0.05, 0) is 31.8 Å². The van der Waals surface area contributed by atoms with E-state index in [-0.39, 0.29) is 6.10 Å². The predicted octanol–water partition coefficient (Wildman–Crippen LogP) is 2.32. The fourth-order valence-corrected chi connectivity index (χ4v) is 3.96. The molecule has 5 nitrogen and oxygen atoms in total. The van der Waals surface area contributed by atoms with Crippen LogP contribution in [0.5, 0.6) is 0 Å². The van der Waals surface area contributed by atoms with Crippen LogP contribution in [0.25, 0.3) is 0 Å². The average Bonchev–Trinajstić information content (AvgIpc) is 2.93. The van der Waals surface area contributed by atoms with Gasteiger partial charge < -0.3 is 15.3 Å². The number of likely N-dealkylation sites (tertiary alicyclic amines) is 1. The van der Waals surface area contributed by atoms with E-state index in [2.05, 4.69) is 33.9 Å². The molecule has 2 rings (SSSR count). The molecule has 0 aliphatic carbocycles. The van der Waals surface area contributed by atoms with Gasteiger partial charge in [-0.1, -0.05) is 36.1 Å². The van der Waals surface area contributed by atoms with Crippen LogP contribution in [0.3, 0.4) is 0 Å². The molecule has 1 aromatic rings. The molecule has 21 heavy (non-hydrogen) atoms. The molecule has 0 bridgehead atoms. The Morgan fingerprint density at radius 2 is 2.29 bits per heavy atom. The first kappa shape index (κ1) is 16.7. The predicted molar refractivity (Wildman–Crippen MR) is 90.2 cm³/mol. The van der Waals surface area contributed by atoms with Crippen molar-refractivity contribution in [3.8, 4) is 0 Å². The Hall–Kier alpha value is -0.630. The highest BCUT2D eigenvalue weighted by Gasteiger charge is 2.18. The third-order valence-electron chi connectivity index (χ3n) is 3.55. The molecule has 1 saturated heterocycles. The summed E-state index contributed by atoms with van der Waals surface area (Å²) in [5.74, 6) is 1.50. The van der Waals surface area contributed by atoms with Gasteiger partial charge in [-0.3, -0.25) is 0 Å². The number of thioether (sulfide) groups is 1. The van der Waals surface area contributed by atoms with E-state index < -0.39 is 0 Å². The van der Waals surface area contributed by atoms with Gasteiger partial charge in [0.25, 0.3) is 0 Å². The summed E-state index contributed by atoms with van der Waals surface area (Å²) in [7, 11) is 0. The van der Waals surface area contributed by atoms with Crippen molar-refractivity contribution in [1.29, 1.82) is 0 Å². The molecule has 1 fully saturated rings. The zero-order valence-electron chi connectivity index (χ0n) is 12.5. The molecular formula is C14H24N4OS2. The lowest BCUT2D eigenvalue weighted by Gasteiger charge is -2.31. The molecule has 1 aromatic heterocycles. The highest BCUT2D eigenvalue weighted by molar-refractivity contribution is 8.01. The summed E-state index contributed by atoms with van der Waals surface area (Å²) < 4.78 is 0.896. The summed E-state index contributed by atoms with van der Waals surface area (Å²) in [5, 5.41) is 22.2. The van der Waals surface area contributed by atoms with E-state index in [1.54, 1.807) is 17.8 Å². The van der Waals surface area contributed by atoms with E-state index in [0.717, 1.165) is 35.0 Å². The fraction of sp³-hybridized carbons (Fsp3) is 0.714. The normalized spacial score (nSPS) is 18.6. The van der Waals surface area contributed by atoms with Crippen LogP contribution in [0.2, 0.25) is 0 Å². The van der Waals surface area contributed by atoms with Crippen LogP contribution >= 0.6 is 23.1 Å². The first-order valence-electron chi connectivity index (χ1n) is 7.39. The summed E-state index contributed by atoms with van der Waals surface area (Å²) in [6, 6.07) is 0. The molecule has 1 aliphatic heterocycles. The van der Waals surface area contributed by atoms with E-state index in [1.165, 1.54) is 24.2 Å². The maximum atomic E-state index is 10.1. The van der Waals surface area contributed by atoms with Crippen molar-refractivity contribution in [3.05, 3.63) is 12.7 Å². The highest BCUT2D eigenvalue weighted by Crippen LogP contribution is 2.26. The second-order valence-electron chi connectivity index (χ2n) is 5.49. The van der Waals surface area contributed by atoms with E-state index in [0.29, 0.717) is 12.3 Å². The Kier molecular flexibility index (Phi) is 6.95. The van der Waals surface area contributed by atoms with Crippen LogP contribution in [-0.2, 0) is 0 Å². The third-order valence-corrected chi connectivity index (χ3v) is 5.71. The summed E-state index contributed by atoms with van der Waals surface area (Å²) >= 11 is 3.09. The number of aliphatic hydroxyl groups excluding tert-OH is 1. The van der Waals surface area contributed by atoms with Crippen LogP contribution in [0.4, 0.5) is 5.13 Å². The number of nitrogens with one attached hydrogen (secondary N) is 1. The van der Waals surface area contributed by atoms with Crippen molar-refractivity contribution >= 4 is 28.2 Å². The molecule has 0 saturated carbocycles. The summed E-state index contributed by atoms with van der Waals surface area (Å²) in [6.45, 7) is 9.63. The van der Waals surface area contributed by atoms with Crippen molar-refractivity contribution < 1.29 is 5.11 Å². The van der Waals surface area contributed by atoms with E-state index >= 15 is 0 Å². The minimum absolute atomic E-state index is 0.308. The van der Waals surface area contributed by atoms with E-state index in [9.17, 15) is 5.11 Å². The number of piperidine rings is 1. The number of β-amino-alcohol motifs (C(OH)–C–C–N with tert-alkyl or cyclic N) is 1. The highest BCUT2D eigenvalue weighted by atomic mass is 32.2. The number of aromatic nitrogens is 2. The second kappa shape index (κ2) is 8.73. The maximum absolute atomic E-state index is 10.1. The summed E-state index contributed by atoms with van der Waals surface area (Å²) in [5.41, 5.74) is 0. The molecule has 2 heterocycles. The SMILES string of the molecule is C=CCNc1nnc(SCC(O)CN2CCC(C)CC2)s1. The van der Waals surface area contributed by atoms with Crippen molar-refractivity contribution in [2.24, 2.45) is 5.92 Å². The Balaban J connectivity index is 1.67. The van der Waals surface area contributed by atoms with Crippen LogP contribution < -0.4 is 5.32 Å². The first-order chi connectivity index (χ1) is 10.2. The fourth-order valence-electron chi connectivity index (χ4n) is 2.26. The molecule has 0 radical (unpaired) electrons. The minimum atomic E-state index is -0.308. The van der Waals surface area contributed by atoms with Crippen molar-refractivity contribution in [3.63, 3.8) is 0 Å². The van der Waals surface area contributed by atoms with Gasteiger partial charge in [-0.25, -0.2) is 0 Å². The number of hydrogen-bond donors (Lipinski definition) is 2. The molecule has 0 amide bonds. The molecular weight excluding hydrogens is 304 g/mol. The zero-order valence-corrected chi connectivity index (χ0v) is 14.1. The Morgan fingerprint density at radius 3 is 3.00 bits per heavy atom. The third kappa shape index (κ3) is 5.94. The zero-order chi connectivity index (χ0) is 15.1. The number of anilines is 1. The lowest BCUT2D eigenvalue weighted by Crippen LogP contribution is -2.39. The molecule has 7 heteroatoms. The molecule has 0 spiro atoms. The van der Waals surface area contributed by atoms with Gasteiger partial charge in [0, 0.05) is 18.8 Å². The van der Waals surface area contributed by atoms with Gasteiger partial charge in [-0.15, -0.1) is 16.8 Å². The number of hydrogen-bond acceptors (Lipinski definition) is 7. The maximum Gasteiger partial charge on any atom is 0.206 e. The molecule has 1 unspecified atom stereocenters. The lowest BCUT2D eigenvalue weighted by molar-refractivity contribution is 0.105. The lowest BCUT2D eigenvalue weighted by atomic mass is 9.99. The Morgan fingerprint density at radius 1 is 1.52 bits per heavy atom. The van der Waals surface area contributed by atoms with E-state index in [1.807, 2.05) is 0 Å². The number of rotatable bonds is 8. The van der Waals surface area contributed by atoms with Gasteiger partial charge in [0.05, 0.1) is 6.10 Å². The number of nitrogens with zero attached hydrogens (tertiary/aromatic N) is 3.